The molecule has 0 atom stereocenters. The van der Waals surface area contributed by atoms with Gasteiger partial charge >= 0.3 is 0 Å². The average Bonchev–Trinajstić information content (AvgIpc) is 2.94. The number of fused-ring (bicyclic) bond motifs is 1. The third kappa shape index (κ3) is 6.95. The second-order valence-electron chi connectivity index (χ2n) is 9.07. The normalized spacial score (nSPS) is 14.1. The summed E-state index contributed by atoms with van der Waals surface area (Å²) in [6, 6.07) is 24.8. The minimum absolute atomic E-state index is 0. The molecule has 5 rings (SSSR count). The summed E-state index contributed by atoms with van der Waals surface area (Å²) in [6.07, 6.45) is 6.58. The molecule has 2 heterocycles. The third-order valence-electron chi connectivity index (χ3n) is 6.75. The molecular formula is C30H34Cl2N4O2. The van der Waals surface area contributed by atoms with E-state index >= 15 is 0 Å². The topological polar surface area (TPSA) is 59.5 Å². The largest absolute Gasteiger partial charge is 0.497 e. The standard InChI is InChI=1S/C30H32N4O2.2ClH/c1-35-25-12-10-23(11-13-25)29-27-15-14-26(36-2)21-28(27)30(33-32-29)31-24-16-19-34(20-17-24)18-6-9-22-7-4-3-5-8-22;;/h3-15,21,24H,16-20H2,1-2H3,(H,31,33);2*1H. The zero-order valence-electron chi connectivity index (χ0n) is 21.7. The molecule has 1 aliphatic heterocycles. The Bertz CT molecular complexity index is 1330. The summed E-state index contributed by atoms with van der Waals surface area (Å²) in [5.74, 6) is 2.43. The number of benzene rings is 3. The van der Waals surface area contributed by atoms with Crippen molar-refractivity contribution in [2.75, 3.05) is 39.2 Å². The van der Waals surface area contributed by atoms with Crippen LogP contribution in [0.2, 0.25) is 0 Å². The van der Waals surface area contributed by atoms with E-state index in [0.29, 0.717) is 6.04 Å². The van der Waals surface area contributed by atoms with Crippen molar-refractivity contribution in [3.8, 4) is 22.8 Å². The number of nitrogens with zero attached hydrogens (tertiary/aromatic N) is 3. The SMILES string of the molecule is COc1ccc(-c2nnc(NC3CCN(CC=Cc4ccccc4)CC3)c3cc(OC)ccc23)cc1.Cl.Cl. The van der Waals surface area contributed by atoms with Gasteiger partial charge < -0.3 is 14.8 Å². The van der Waals surface area contributed by atoms with E-state index < -0.39 is 0 Å². The Hall–Kier alpha value is -3.32. The van der Waals surface area contributed by atoms with Crippen LogP contribution in [-0.4, -0.2) is 55.0 Å². The summed E-state index contributed by atoms with van der Waals surface area (Å²) < 4.78 is 10.8. The van der Waals surface area contributed by atoms with Crippen LogP contribution in [0.15, 0.2) is 78.9 Å². The van der Waals surface area contributed by atoms with Crippen LogP contribution >= 0.6 is 24.8 Å². The molecule has 200 valence electrons. The van der Waals surface area contributed by atoms with Gasteiger partial charge in [-0.25, -0.2) is 0 Å². The lowest BCUT2D eigenvalue weighted by atomic mass is 10.0. The van der Waals surface area contributed by atoms with Gasteiger partial charge in [0, 0.05) is 42.0 Å². The van der Waals surface area contributed by atoms with Crippen LogP contribution in [0.4, 0.5) is 5.82 Å². The number of hydrogen-bond acceptors (Lipinski definition) is 6. The Balaban J connectivity index is 0.00000200. The smallest absolute Gasteiger partial charge is 0.156 e. The van der Waals surface area contributed by atoms with Crippen molar-refractivity contribution in [3.63, 3.8) is 0 Å². The molecule has 0 unspecified atom stereocenters. The van der Waals surface area contributed by atoms with E-state index in [4.69, 9.17) is 9.47 Å². The number of rotatable bonds is 8. The maximum atomic E-state index is 5.52. The summed E-state index contributed by atoms with van der Waals surface area (Å²) >= 11 is 0. The van der Waals surface area contributed by atoms with Gasteiger partial charge in [0.2, 0.25) is 0 Å². The summed E-state index contributed by atoms with van der Waals surface area (Å²) in [5, 5.41) is 15.0. The molecule has 0 saturated carbocycles. The average molecular weight is 554 g/mol. The Labute approximate surface area is 236 Å². The van der Waals surface area contributed by atoms with E-state index in [-0.39, 0.29) is 24.8 Å². The highest BCUT2D eigenvalue weighted by Gasteiger charge is 2.20. The van der Waals surface area contributed by atoms with Gasteiger partial charge in [-0.1, -0.05) is 42.5 Å². The molecule has 3 aromatic carbocycles. The molecule has 0 spiro atoms. The predicted octanol–water partition coefficient (Wildman–Crippen LogP) is 6.75. The number of likely N-dealkylation sites (tertiary alicyclic amines) is 1. The number of halogens is 2. The molecule has 38 heavy (non-hydrogen) atoms. The molecule has 1 fully saturated rings. The molecule has 4 aromatic rings. The minimum Gasteiger partial charge on any atom is -0.497 e. The Morgan fingerprint density at radius 2 is 1.53 bits per heavy atom. The van der Waals surface area contributed by atoms with Gasteiger partial charge in [0.1, 0.15) is 17.2 Å². The fourth-order valence-electron chi connectivity index (χ4n) is 4.68. The van der Waals surface area contributed by atoms with E-state index in [1.807, 2.05) is 42.5 Å². The lowest BCUT2D eigenvalue weighted by Crippen LogP contribution is -2.39. The molecule has 0 aliphatic carbocycles. The van der Waals surface area contributed by atoms with Crippen molar-refractivity contribution in [2.45, 2.75) is 18.9 Å². The zero-order valence-corrected chi connectivity index (χ0v) is 23.3. The van der Waals surface area contributed by atoms with Gasteiger partial charge in [-0.05, 0) is 60.9 Å². The molecule has 1 aliphatic rings. The van der Waals surface area contributed by atoms with Gasteiger partial charge in [-0.2, -0.15) is 0 Å². The molecule has 6 nitrogen and oxygen atoms in total. The minimum atomic E-state index is 0. The van der Waals surface area contributed by atoms with Crippen LogP contribution in [-0.2, 0) is 0 Å². The van der Waals surface area contributed by atoms with Crippen molar-refractivity contribution in [3.05, 3.63) is 84.4 Å². The first-order valence-electron chi connectivity index (χ1n) is 12.4. The van der Waals surface area contributed by atoms with Crippen molar-refractivity contribution >= 4 is 47.5 Å². The third-order valence-corrected chi connectivity index (χ3v) is 6.75. The molecular weight excluding hydrogens is 519 g/mol. The highest BCUT2D eigenvalue weighted by Crippen LogP contribution is 2.33. The fourth-order valence-corrected chi connectivity index (χ4v) is 4.68. The second-order valence-corrected chi connectivity index (χ2v) is 9.07. The van der Waals surface area contributed by atoms with E-state index in [2.05, 4.69) is 62.9 Å². The first-order valence-corrected chi connectivity index (χ1v) is 12.4. The highest BCUT2D eigenvalue weighted by atomic mass is 35.5. The number of aromatic nitrogens is 2. The first kappa shape index (κ1) is 29.2. The number of anilines is 1. The summed E-state index contributed by atoms with van der Waals surface area (Å²) in [6.45, 7) is 3.07. The van der Waals surface area contributed by atoms with Crippen molar-refractivity contribution < 1.29 is 9.47 Å². The zero-order chi connectivity index (χ0) is 24.7. The quantitative estimate of drug-likeness (QED) is 0.261. The van der Waals surface area contributed by atoms with Gasteiger partial charge in [0.05, 0.1) is 14.2 Å². The number of nitrogens with one attached hydrogen (secondary N) is 1. The van der Waals surface area contributed by atoms with Crippen molar-refractivity contribution in [1.82, 2.24) is 15.1 Å². The van der Waals surface area contributed by atoms with Crippen LogP contribution in [0.25, 0.3) is 28.1 Å². The van der Waals surface area contributed by atoms with Gasteiger partial charge in [0.25, 0.3) is 0 Å². The summed E-state index contributed by atoms with van der Waals surface area (Å²) in [5.41, 5.74) is 3.09. The Morgan fingerprint density at radius 3 is 2.21 bits per heavy atom. The van der Waals surface area contributed by atoms with Crippen LogP contribution in [0, 0.1) is 0 Å². The predicted molar refractivity (Wildman–Crippen MR) is 161 cm³/mol. The van der Waals surface area contributed by atoms with E-state index in [1.54, 1.807) is 14.2 Å². The molecule has 0 bridgehead atoms. The Morgan fingerprint density at radius 1 is 0.842 bits per heavy atom. The van der Waals surface area contributed by atoms with Crippen LogP contribution in [0.1, 0.15) is 18.4 Å². The molecule has 1 aromatic heterocycles. The lowest BCUT2D eigenvalue weighted by Gasteiger charge is -2.32. The van der Waals surface area contributed by atoms with Gasteiger partial charge in [0.15, 0.2) is 5.82 Å². The van der Waals surface area contributed by atoms with Crippen LogP contribution < -0.4 is 14.8 Å². The number of hydrogen-bond donors (Lipinski definition) is 1. The molecule has 8 heteroatoms. The lowest BCUT2D eigenvalue weighted by molar-refractivity contribution is 0.240. The Kier molecular flexibility index (Phi) is 10.8. The number of piperidine rings is 1. The van der Waals surface area contributed by atoms with Gasteiger partial charge in [-0.3, -0.25) is 4.90 Å². The first-order chi connectivity index (χ1) is 17.7. The monoisotopic (exact) mass is 552 g/mol. The highest BCUT2D eigenvalue weighted by molar-refractivity contribution is 6.00. The summed E-state index contributed by atoms with van der Waals surface area (Å²) in [4.78, 5) is 2.50. The molecule has 0 radical (unpaired) electrons. The van der Waals surface area contributed by atoms with E-state index in [9.17, 15) is 0 Å². The van der Waals surface area contributed by atoms with Crippen molar-refractivity contribution in [1.29, 1.82) is 0 Å². The summed E-state index contributed by atoms with van der Waals surface area (Å²) in [7, 11) is 3.36. The maximum absolute atomic E-state index is 5.52. The van der Waals surface area contributed by atoms with Crippen LogP contribution in [0.3, 0.4) is 0 Å². The van der Waals surface area contributed by atoms with E-state index in [1.165, 1.54) is 5.56 Å². The number of ether oxygens (including phenoxy) is 2. The fraction of sp³-hybridized carbons (Fsp3) is 0.267. The van der Waals surface area contributed by atoms with Crippen LogP contribution in [0.5, 0.6) is 11.5 Å². The second kappa shape index (κ2) is 14.0. The van der Waals surface area contributed by atoms with Gasteiger partial charge in [-0.15, -0.1) is 35.0 Å². The maximum Gasteiger partial charge on any atom is 0.156 e. The molecule has 1 N–H and O–H groups in total. The van der Waals surface area contributed by atoms with E-state index in [0.717, 1.165) is 71.8 Å². The van der Waals surface area contributed by atoms with Crippen molar-refractivity contribution in [2.24, 2.45) is 0 Å². The molecule has 1 saturated heterocycles. The molecule has 0 amide bonds. The number of methoxy groups -OCH3 is 2.